The third-order valence-electron chi connectivity index (χ3n) is 2.68. The van der Waals surface area contributed by atoms with Gasteiger partial charge in [0.25, 0.3) is 5.69 Å². The zero-order valence-electron chi connectivity index (χ0n) is 8.75. The molecule has 2 unspecified atom stereocenters. The molecule has 4 nitrogen and oxygen atoms in total. The van der Waals surface area contributed by atoms with Gasteiger partial charge in [0.15, 0.2) is 0 Å². The van der Waals surface area contributed by atoms with E-state index in [1.165, 1.54) is 12.1 Å². The molecular weight excluding hydrogens is 226 g/mol. The van der Waals surface area contributed by atoms with Gasteiger partial charge >= 0.3 is 0 Å². The first kappa shape index (κ1) is 11.1. The topological polar surface area (TPSA) is 60.2 Å². The molecule has 84 valence electrons. The number of nitrogens with zero attached hydrogens (tertiary/aromatic N) is 1. The fourth-order valence-electron chi connectivity index (χ4n) is 1.73. The summed E-state index contributed by atoms with van der Waals surface area (Å²) >= 11 is 1.62. The number of rotatable bonds is 2. The second-order valence-electron chi connectivity index (χ2n) is 3.79. The van der Waals surface area contributed by atoms with Crippen LogP contribution >= 0.6 is 11.8 Å². The maximum absolute atomic E-state index is 11.4. The smallest absolute Gasteiger partial charge is 0.269 e. The van der Waals surface area contributed by atoms with Crippen molar-refractivity contribution in [3.05, 3.63) is 39.9 Å². The molecule has 0 N–H and O–H groups in total. The molecule has 1 fully saturated rings. The third-order valence-corrected chi connectivity index (χ3v) is 4.12. The molecule has 1 saturated heterocycles. The van der Waals surface area contributed by atoms with Crippen molar-refractivity contribution < 1.29 is 9.72 Å². The van der Waals surface area contributed by atoms with Crippen LogP contribution in [0.25, 0.3) is 0 Å². The van der Waals surface area contributed by atoms with Crippen molar-refractivity contribution in [2.24, 2.45) is 0 Å². The second-order valence-corrected chi connectivity index (χ2v) is 5.33. The van der Waals surface area contributed by atoms with Crippen LogP contribution in [0.3, 0.4) is 0 Å². The van der Waals surface area contributed by atoms with Crippen molar-refractivity contribution in [2.75, 3.05) is 0 Å². The van der Waals surface area contributed by atoms with Gasteiger partial charge in [0.05, 0.1) is 10.2 Å². The first-order valence-electron chi connectivity index (χ1n) is 5.00. The molecule has 0 radical (unpaired) electrons. The van der Waals surface area contributed by atoms with Gasteiger partial charge in [0.1, 0.15) is 5.78 Å². The summed E-state index contributed by atoms with van der Waals surface area (Å²) in [5.74, 6) is 0.258. The molecule has 1 aromatic rings. The summed E-state index contributed by atoms with van der Waals surface area (Å²) in [7, 11) is 0. The van der Waals surface area contributed by atoms with Crippen LogP contribution in [-0.2, 0) is 4.79 Å². The predicted octanol–water partition coefficient (Wildman–Crippen LogP) is 2.73. The van der Waals surface area contributed by atoms with Crippen LogP contribution in [0.2, 0.25) is 0 Å². The molecule has 0 bridgehead atoms. The van der Waals surface area contributed by atoms with Crippen molar-refractivity contribution in [2.45, 2.75) is 23.8 Å². The Morgan fingerprint density at radius 1 is 1.38 bits per heavy atom. The van der Waals surface area contributed by atoms with Gasteiger partial charge in [-0.1, -0.05) is 12.1 Å². The Kier molecular flexibility index (Phi) is 2.96. The zero-order chi connectivity index (χ0) is 11.7. The largest absolute Gasteiger partial charge is 0.298 e. The molecule has 1 aliphatic rings. The highest BCUT2D eigenvalue weighted by Gasteiger charge is 2.30. The van der Waals surface area contributed by atoms with Gasteiger partial charge in [-0.2, -0.15) is 0 Å². The van der Waals surface area contributed by atoms with Gasteiger partial charge < -0.3 is 0 Å². The summed E-state index contributed by atoms with van der Waals surface area (Å²) in [4.78, 5) is 21.5. The molecule has 2 atom stereocenters. The number of thioether (sulfide) groups is 1. The van der Waals surface area contributed by atoms with Crippen molar-refractivity contribution >= 4 is 23.2 Å². The van der Waals surface area contributed by atoms with Crippen LogP contribution in [0.1, 0.15) is 24.2 Å². The van der Waals surface area contributed by atoms with Crippen LogP contribution < -0.4 is 0 Å². The number of carbonyl (C=O) groups excluding carboxylic acids is 1. The van der Waals surface area contributed by atoms with E-state index in [4.69, 9.17) is 0 Å². The lowest BCUT2D eigenvalue weighted by Gasteiger charge is -2.07. The van der Waals surface area contributed by atoms with Crippen LogP contribution in [0, 0.1) is 10.1 Å². The van der Waals surface area contributed by atoms with E-state index in [-0.39, 0.29) is 22.0 Å². The third kappa shape index (κ3) is 2.09. The van der Waals surface area contributed by atoms with E-state index >= 15 is 0 Å². The van der Waals surface area contributed by atoms with Gasteiger partial charge in [-0.05, 0) is 12.5 Å². The minimum absolute atomic E-state index is 0.0418. The van der Waals surface area contributed by atoms with Crippen molar-refractivity contribution in [1.29, 1.82) is 0 Å². The van der Waals surface area contributed by atoms with Gasteiger partial charge in [-0.25, -0.2) is 0 Å². The minimum atomic E-state index is -0.417. The SMILES string of the molecule is CC1SC(c2ccc([N+](=O)[O-])cc2)CC1=O. The molecule has 0 spiro atoms. The van der Waals surface area contributed by atoms with Crippen molar-refractivity contribution in [1.82, 2.24) is 0 Å². The van der Waals surface area contributed by atoms with E-state index in [1.54, 1.807) is 23.9 Å². The number of Topliss-reactive ketones (excluding diaryl/α,β-unsaturated/α-hetero) is 1. The van der Waals surface area contributed by atoms with Crippen LogP contribution in [0.4, 0.5) is 5.69 Å². The van der Waals surface area contributed by atoms with E-state index in [0.717, 1.165) is 5.56 Å². The fourth-order valence-corrected chi connectivity index (χ4v) is 3.04. The molecule has 5 heteroatoms. The highest BCUT2D eigenvalue weighted by Crippen LogP contribution is 2.42. The highest BCUT2D eigenvalue weighted by atomic mass is 32.2. The summed E-state index contributed by atoms with van der Waals surface area (Å²) in [6, 6.07) is 6.45. The van der Waals surface area contributed by atoms with E-state index in [9.17, 15) is 14.9 Å². The Morgan fingerprint density at radius 2 is 2.00 bits per heavy atom. The van der Waals surface area contributed by atoms with Gasteiger partial charge in [-0.15, -0.1) is 11.8 Å². The number of nitro groups is 1. The molecule has 0 saturated carbocycles. The first-order chi connectivity index (χ1) is 7.58. The lowest BCUT2D eigenvalue weighted by Crippen LogP contribution is -2.03. The Balaban J connectivity index is 2.17. The normalized spacial score (nSPS) is 24.7. The Morgan fingerprint density at radius 3 is 2.44 bits per heavy atom. The number of nitro benzene ring substituents is 1. The average molecular weight is 237 g/mol. The monoisotopic (exact) mass is 237 g/mol. The first-order valence-corrected chi connectivity index (χ1v) is 5.94. The van der Waals surface area contributed by atoms with Crippen molar-refractivity contribution in [3.8, 4) is 0 Å². The molecule has 0 aromatic heterocycles. The van der Waals surface area contributed by atoms with Crippen LogP contribution in [-0.4, -0.2) is 16.0 Å². The van der Waals surface area contributed by atoms with Crippen LogP contribution in [0.5, 0.6) is 0 Å². The average Bonchev–Trinajstić information content (AvgIpc) is 2.59. The van der Waals surface area contributed by atoms with E-state index in [0.29, 0.717) is 6.42 Å². The summed E-state index contributed by atoms with van der Waals surface area (Å²) in [6.07, 6.45) is 0.531. The minimum Gasteiger partial charge on any atom is -0.298 e. The summed E-state index contributed by atoms with van der Waals surface area (Å²) in [5, 5.41) is 10.7. The molecule has 1 heterocycles. The van der Waals surface area contributed by atoms with Crippen LogP contribution in [0.15, 0.2) is 24.3 Å². The fraction of sp³-hybridized carbons (Fsp3) is 0.364. The number of carbonyl (C=O) groups is 1. The Hall–Kier alpha value is -1.36. The molecule has 1 aliphatic heterocycles. The lowest BCUT2D eigenvalue weighted by atomic mass is 10.1. The lowest BCUT2D eigenvalue weighted by molar-refractivity contribution is -0.384. The van der Waals surface area contributed by atoms with Gasteiger partial charge in [0, 0.05) is 23.8 Å². The quantitative estimate of drug-likeness (QED) is 0.586. The van der Waals surface area contributed by atoms with Gasteiger partial charge in [0.2, 0.25) is 0 Å². The highest BCUT2D eigenvalue weighted by molar-refractivity contribution is 8.01. The predicted molar refractivity (Wildman–Crippen MR) is 62.5 cm³/mol. The number of non-ortho nitro benzene ring substituents is 1. The second kappa shape index (κ2) is 4.25. The molecule has 1 aromatic carbocycles. The van der Waals surface area contributed by atoms with E-state index in [1.807, 2.05) is 6.92 Å². The maximum atomic E-state index is 11.4. The maximum Gasteiger partial charge on any atom is 0.269 e. The molecule has 16 heavy (non-hydrogen) atoms. The summed E-state index contributed by atoms with van der Waals surface area (Å²) in [5.41, 5.74) is 1.08. The zero-order valence-corrected chi connectivity index (χ0v) is 9.57. The van der Waals surface area contributed by atoms with Crippen molar-refractivity contribution in [3.63, 3.8) is 0 Å². The molecule has 2 rings (SSSR count). The molecule has 0 aliphatic carbocycles. The number of ketones is 1. The number of hydrogen-bond acceptors (Lipinski definition) is 4. The number of benzene rings is 1. The van der Waals surface area contributed by atoms with E-state index in [2.05, 4.69) is 0 Å². The Bertz CT molecular complexity index is 429. The Labute approximate surface area is 97.2 Å². The number of hydrogen-bond donors (Lipinski definition) is 0. The summed E-state index contributed by atoms with van der Waals surface area (Å²) in [6.45, 7) is 1.90. The van der Waals surface area contributed by atoms with E-state index < -0.39 is 4.92 Å². The molecular formula is C11H11NO3S. The summed E-state index contributed by atoms with van der Waals surface area (Å²) < 4.78 is 0. The van der Waals surface area contributed by atoms with Gasteiger partial charge in [-0.3, -0.25) is 14.9 Å². The molecule has 0 amide bonds. The standard InChI is InChI=1S/C11H11NO3S/c1-7-10(13)6-11(16-7)8-2-4-9(5-3-8)12(14)15/h2-5,7,11H,6H2,1H3.